The van der Waals surface area contributed by atoms with Crippen LogP contribution in [0, 0.1) is 5.92 Å². The van der Waals surface area contributed by atoms with Crippen molar-refractivity contribution in [3.63, 3.8) is 0 Å². The Balaban J connectivity index is 1.40. The number of aromatic nitrogens is 4. The number of allylic oxidation sites excluding steroid dienone is 4. The smallest absolute Gasteiger partial charge is 0.166 e. The third-order valence-electron chi connectivity index (χ3n) is 6.20. The van der Waals surface area contributed by atoms with Crippen LogP contribution in [0.3, 0.4) is 0 Å². The van der Waals surface area contributed by atoms with Crippen LogP contribution in [0.2, 0.25) is 0 Å². The van der Waals surface area contributed by atoms with Crippen molar-refractivity contribution < 1.29 is 4.74 Å². The number of pyridine rings is 1. The molecular formula is C26H21BrN6O. The molecule has 1 atom stereocenters. The molecule has 4 heterocycles. The first kappa shape index (κ1) is 20.7. The minimum absolute atomic E-state index is 0.222. The molecule has 0 bridgehead atoms. The van der Waals surface area contributed by atoms with E-state index in [1.54, 1.807) is 17.8 Å². The van der Waals surface area contributed by atoms with Gasteiger partial charge in [-0.2, -0.15) is 9.61 Å². The first-order chi connectivity index (χ1) is 16.6. The summed E-state index contributed by atoms with van der Waals surface area (Å²) in [5.74, 6) is 1.67. The van der Waals surface area contributed by atoms with Gasteiger partial charge in [0.1, 0.15) is 11.5 Å². The van der Waals surface area contributed by atoms with Gasteiger partial charge in [0.2, 0.25) is 0 Å². The molecule has 6 rings (SSSR count). The Bertz CT molecular complexity index is 1500. The zero-order chi connectivity index (χ0) is 23.2. The molecule has 1 aliphatic carbocycles. The van der Waals surface area contributed by atoms with Gasteiger partial charge in [-0.3, -0.25) is 4.98 Å². The predicted molar refractivity (Wildman–Crippen MR) is 136 cm³/mol. The largest absolute Gasteiger partial charge is 0.501 e. The van der Waals surface area contributed by atoms with Crippen molar-refractivity contribution in [1.82, 2.24) is 24.9 Å². The lowest BCUT2D eigenvalue weighted by Gasteiger charge is -2.17. The number of nitrogens with one attached hydrogen (secondary N) is 1. The Kier molecular flexibility index (Phi) is 4.95. The fourth-order valence-corrected chi connectivity index (χ4v) is 4.85. The highest BCUT2D eigenvalue weighted by Crippen LogP contribution is 2.38. The zero-order valence-corrected chi connectivity index (χ0v) is 20.0. The van der Waals surface area contributed by atoms with Crippen LogP contribution in [0.4, 0.5) is 5.82 Å². The van der Waals surface area contributed by atoms with Crippen LogP contribution in [0.5, 0.6) is 0 Å². The van der Waals surface area contributed by atoms with Crippen LogP contribution in [0.1, 0.15) is 12.1 Å². The molecule has 0 spiro atoms. The van der Waals surface area contributed by atoms with Crippen LogP contribution >= 0.6 is 15.9 Å². The van der Waals surface area contributed by atoms with E-state index in [4.69, 9.17) is 15.5 Å². The highest BCUT2D eigenvalue weighted by molar-refractivity contribution is 9.10. The van der Waals surface area contributed by atoms with E-state index < -0.39 is 0 Å². The van der Waals surface area contributed by atoms with Crippen molar-refractivity contribution in [3.05, 3.63) is 94.7 Å². The third-order valence-corrected chi connectivity index (χ3v) is 6.98. The number of methoxy groups -OCH3 is 1. The number of nitrogens with two attached hydrogens (primary N) is 1. The van der Waals surface area contributed by atoms with Crippen molar-refractivity contribution in [2.24, 2.45) is 5.92 Å². The molecule has 8 heteroatoms. The highest BCUT2D eigenvalue weighted by Gasteiger charge is 2.28. The normalized spacial score (nSPS) is 17.0. The first-order valence-corrected chi connectivity index (χ1v) is 11.7. The lowest BCUT2D eigenvalue weighted by molar-refractivity contribution is 0.268. The Labute approximate surface area is 204 Å². The summed E-state index contributed by atoms with van der Waals surface area (Å²) in [5, 5.41) is 7.99. The maximum absolute atomic E-state index is 6.47. The molecule has 1 aromatic carbocycles. The highest BCUT2D eigenvalue weighted by atomic mass is 79.9. The number of nitrogen functional groups attached to an aromatic ring is 1. The van der Waals surface area contributed by atoms with Crippen molar-refractivity contribution in [1.29, 1.82) is 0 Å². The molecule has 0 saturated carbocycles. The summed E-state index contributed by atoms with van der Waals surface area (Å²) in [7, 11) is 1.70. The van der Waals surface area contributed by atoms with E-state index in [0.717, 1.165) is 51.7 Å². The van der Waals surface area contributed by atoms with E-state index in [-0.39, 0.29) is 5.92 Å². The maximum Gasteiger partial charge on any atom is 0.166 e. The topological polar surface area (TPSA) is 90.4 Å². The van der Waals surface area contributed by atoms with E-state index >= 15 is 0 Å². The van der Waals surface area contributed by atoms with Crippen LogP contribution < -0.4 is 11.1 Å². The number of hydrogen-bond donors (Lipinski definition) is 2. The standard InChI is InChI=1S/C26H21BrN6O/c1-34-18-8-10-21-17(11-18)12-22(31-21)24-23(27)25(28)33-26(32-24)19(14-30-33)16-7-9-20(29-13-16)15-5-3-2-4-6-15/h2-10,12-14,17,31H,11,28H2,1H3. The minimum atomic E-state index is 0.222. The zero-order valence-electron chi connectivity index (χ0n) is 18.4. The quantitative estimate of drug-likeness (QED) is 0.391. The molecule has 0 amide bonds. The van der Waals surface area contributed by atoms with Crippen molar-refractivity contribution in [2.75, 3.05) is 12.8 Å². The number of benzene rings is 1. The second-order valence-electron chi connectivity index (χ2n) is 8.23. The molecular weight excluding hydrogens is 492 g/mol. The van der Waals surface area contributed by atoms with Gasteiger partial charge in [-0.1, -0.05) is 36.4 Å². The lowest BCUT2D eigenvalue weighted by atomic mass is 9.97. The molecule has 1 aliphatic heterocycles. The van der Waals surface area contributed by atoms with Gasteiger partial charge in [-0.25, -0.2) is 4.98 Å². The Morgan fingerprint density at radius 3 is 2.71 bits per heavy atom. The maximum atomic E-state index is 6.47. The number of halogens is 1. The number of ether oxygens (including phenoxy) is 1. The summed E-state index contributed by atoms with van der Waals surface area (Å²) in [6, 6.07) is 14.1. The Hall–Kier alpha value is -3.91. The molecule has 4 aromatic rings. The minimum Gasteiger partial charge on any atom is -0.501 e. The fourth-order valence-electron chi connectivity index (χ4n) is 4.38. The molecule has 2 aliphatic rings. The summed E-state index contributed by atoms with van der Waals surface area (Å²) in [6.07, 6.45) is 10.7. The summed E-state index contributed by atoms with van der Waals surface area (Å²) in [4.78, 5) is 9.63. The number of anilines is 1. The summed E-state index contributed by atoms with van der Waals surface area (Å²) >= 11 is 3.64. The fraction of sp³-hybridized carbons (Fsp3) is 0.115. The van der Waals surface area contributed by atoms with Gasteiger partial charge in [0.15, 0.2) is 5.65 Å². The van der Waals surface area contributed by atoms with Gasteiger partial charge in [0.25, 0.3) is 0 Å². The monoisotopic (exact) mass is 512 g/mol. The Morgan fingerprint density at radius 1 is 1.09 bits per heavy atom. The summed E-state index contributed by atoms with van der Waals surface area (Å²) in [5.41, 5.74) is 13.7. The van der Waals surface area contributed by atoms with Crippen molar-refractivity contribution >= 4 is 33.1 Å². The average molecular weight is 513 g/mol. The molecule has 0 radical (unpaired) electrons. The van der Waals surface area contributed by atoms with Gasteiger partial charge in [0.05, 0.1) is 34.9 Å². The predicted octanol–water partition coefficient (Wildman–Crippen LogP) is 5.18. The number of fused-ring (bicyclic) bond motifs is 2. The van der Waals surface area contributed by atoms with E-state index in [1.807, 2.05) is 54.7 Å². The summed E-state index contributed by atoms with van der Waals surface area (Å²) in [6.45, 7) is 0. The SMILES string of the molecule is COC1=CC=C2NC(c3nc4c(-c5ccc(-c6ccccc6)nc5)cnn4c(N)c3Br)=CC2C1. The van der Waals surface area contributed by atoms with Crippen LogP contribution in [-0.2, 0) is 4.74 Å². The second-order valence-corrected chi connectivity index (χ2v) is 9.02. The molecule has 168 valence electrons. The van der Waals surface area contributed by atoms with Crippen molar-refractivity contribution in [2.45, 2.75) is 6.42 Å². The van der Waals surface area contributed by atoms with Gasteiger partial charge < -0.3 is 15.8 Å². The van der Waals surface area contributed by atoms with E-state index in [2.05, 4.69) is 43.5 Å². The number of rotatable bonds is 4. The molecule has 0 fully saturated rings. The molecule has 3 N–H and O–H groups in total. The Morgan fingerprint density at radius 2 is 1.94 bits per heavy atom. The van der Waals surface area contributed by atoms with E-state index in [9.17, 15) is 0 Å². The van der Waals surface area contributed by atoms with Gasteiger partial charge in [0, 0.05) is 40.9 Å². The van der Waals surface area contributed by atoms with Crippen LogP contribution in [0.15, 0.2) is 89.0 Å². The third kappa shape index (κ3) is 3.38. The van der Waals surface area contributed by atoms with Gasteiger partial charge >= 0.3 is 0 Å². The lowest BCUT2D eigenvalue weighted by Crippen LogP contribution is -2.14. The number of hydrogen-bond acceptors (Lipinski definition) is 6. The van der Waals surface area contributed by atoms with E-state index in [1.165, 1.54) is 0 Å². The molecule has 0 saturated heterocycles. The average Bonchev–Trinajstić information content (AvgIpc) is 3.50. The van der Waals surface area contributed by atoms with Crippen LogP contribution in [0.25, 0.3) is 33.7 Å². The molecule has 34 heavy (non-hydrogen) atoms. The first-order valence-electron chi connectivity index (χ1n) is 10.9. The van der Waals surface area contributed by atoms with Gasteiger partial charge in [-0.05, 0) is 40.2 Å². The van der Waals surface area contributed by atoms with Crippen LogP contribution in [-0.4, -0.2) is 26.7 Å². The van der Waals surface area contributed by atoms with Crippen molar-refractivity contribution in [3.8, 4) is 22.4 Å². The van der Waals surface area contributed by atoms with E-state index in [0.29, 0.717) is 15.9 Å². The number of nitrogens with zero attached hydrogens (tertiary/aromatic N) is 4. The summed E-state index contributed by atoms with van der Waals surface area (Å²) < 4.78 is 7.78. The molecule has 1 unspecified atom stereocenters. The van der Waals surface area contributed by atoms with Gasteiger partial charge in [-0.15, -0.1) is 0 Å². The molecule has 3 aromatic heterocycles. The second kappa shape index (κ2) is 8.14. The molecule has 7 nitrogen and oxygen atoms in total.